The molecule has 76 valence electrons. The van der Waals surface area contributed by atoms with Crippen molar-refractivity contribution in [1.82, 2.24) is 5.32 Å². The molecule has 1 unspecified atom stereocenters. The summed E-state index contributed by atoms with van der Waals surface area (Å²) in [6.07, 6.45) is 2.23. The Balaban J connectivity index is 0. The van der Waals surface area contributed by atoms with Gasteiger partial charge in [-0.2, -0.15) is 0 Å². The lowest BCUT2D eigenvalue weighted by molar-refractivity contribution is 0.0862. The predicted molar refractivity (Wildman–Crippen MR) is 49.0 cm³/mol. The average molecular weight is 179 g/mol. The van der Waals surface area contributed by atoms with Crippen LogP contribution in [0.25, 0.3) is 0 Å². The highest BCUT2D eigenvalue weighted by Gasteiger charge is 1.99. The molecule has 0 spiro atoms. The summed E-state index contributed by atoms with van der Waals surface area (Å²) in [5, 5.41) is 27.3. The summed E-state index contributed by atoms with van der Waals surface area (Å²) in [6.45, 7) is 0.873. The normalized spacial score (nSPS) is 11.8. The van der Waals surface area contributed by atoms with Gasteiger partial charge < -0.3 is 20.6 Å². The summed E-state index contributed by atoms with van der Waals surface area (Å²) in [4.78, 5) is 0. The highest BCUT2D eigenvalue weighted by Crippen LogP contribution is 1.98. The molecule has 0 amide bonds. The summed E-state index contributed by atoms with van der Waals surface area (Å²) >= 11 is 0. The van der Waals surface area contributed by atoms with E-state index in [2.05, 4.69) is 5.32 Å². The van der Waals surface area contributed by atoms with Crippen LogP contribution < -0.4 is 5.32 Å². The first-order chi connectivity index (χ1) is 5.81. The second-order valence-corrected chi connectivity index (χ2v) is 2.44. The molecule has 0 rings (SSSR count). The summed E-state index contributed by atoms with van der Waals surface area (Å²) < 4.78 is 0. The van der Waals surface area contributed by atoms with Crippen molar-refractivity contribution in [2.75, 3.05) is 27.3 Å². The molecule has 0 aromatic rings. The fraction of sp³-hybridized carbons (Fsp3) is 1.00. The van der Waals surface area contributed by atoms with Crippen molar-refractivity contribution in [3.63, 3.8) is 0 Å². The zero-order valence-electron chi connectivity index (χ0n) is 7.95. The van der Waals surface area contributed by atoms with Crippen LogP contribution in [-0.4, -0.2) is 48.7 Å². The van der Waals surface area contributed by atoms with E-state index in [-0.39, 0.29) is 6.61 Å². The second kappa shape index (κ2) is 13.4. The molecular formula is C8H21NO3. The molecular weight excluding hydrogens is 158 g/mol. The molecule has 0 aromatic carbocycles. The van der Waals surface area contributed by atoms with Crippen LogP contribution in [0.2, 0.25) is 0 Å². The van der Waals surface area contributed by atoms with Crippen LogP contribution in [0.1, 0.15) is 19.3 Å². The van der Waals surface area contributed by atoms with E-state index in [0.717, 1.165) is 26.5 Å². The maximum absolute atomic E-state index is 8.89. The first kappa shape index (κ1) is 14.4. The maximum atomic E-state index is 8.89. The SMILES string of the molecule is CNCCCCC(O)CO.CO. The number of aliphatic hydroxyl groups is 3. The molecule has 0 aliphatic carbocycles. The van der Waals surface area contributed by atoms with Crippen LogP contribution in [0.3, 0.4) is 0 Å². The van der Waals surface area contributed by atoms with Crippen LogP contribution in [0.4, 0.5) is 0 Å². The van der Waals surface area contributed by atoms with Gasteiger partial charge in [-0.25, -0.2) is 0 Å². The lowest BCUT2D eigenvalue weighted by Gasteiger charge is -2.05. The smallest absolute Gasteiger partial charge is 0.0770 e. The molecule has 12 heavy (non-hydrogen) atoms. The van der Waals surface area contributed by atoms with Gasteiger partial charge in [0.1, 0.15) is 0 Å². The Hall–Kier alpha value is -0.160. The molecule has 0 aromatic heterocycles. The summed E-state index contributed by atoms with van der Waals surface area (Å²) in [5.74, 6) is 0. The Kier molecular flexibility index (Phi) is 16.1. The average Bonchev–Trinajstić information content (AvgIpc) is 2.15. The van der Waals surface area contributed by atoms with Crippen molar-refractivity contribution in [2.24, 2.45) is 0 Å². The number of aliphatic hydroxyl groups excluding tert-OH is 3. The number of hydrogen-bond acceptors (Lipinski definition) is 4. The molecule has 4 heteroatoms. The minimum Gasteiger partial charge on any atom is -0.400 e. The third-order valence-electron chi connectivity index (χ3n) is 1.42. The van der Waals surface area contributed by atoms with Gasteiger partial charge >= 0.3 is 0 Å². The van der Waals surface area contributed by atoms with Crippen molar-refractivity contribution in [1.29, 1.82) is 0 Å². The van der Waals surface area contributed by atoms with Gasteiger partial charge in [0.15, 0.2) is 0 Å². The molecule has 0 saturated carbocycles. The van der Waals surface area contributed by atoms with E-state index in [1.165, 1.54) is 0 Å². The van der Waals surface area contributed by atoms with E-state index >= 15 is 0 Å². The Bertz CT molecular complexity index is 71.3. The highest BCUT2D eigenvalue weighted by atomic mass is 16.3. The molecule has 0 fully saturated rings. The van der Waals surface area contributed by atoms with E-state index in [9.17, 15) is 0 Å². The fourth-order valence-corrected chi connectivity index (χ4v) is 0.773. The Morgan fingerprint density at radius 2 is 1.83 bits per heavy atom. The van der Waals surface area contributed by atoms with E-state index in [0.29, 0.717) is 6.42 Å². The molecule has 0 radical (unpaired) electrons. The first-order valence-corrected chi connectivity index (χ1v) is 4.19. The van der Waals surface area contributed by atoms with Crippen LogP contribution >= 0.6 is 0 Å². The van der Waals surface area contributed by atoms with Gasteiger partial charge in [-0.15, -0.1) is 0 Å². The van der Waals surface area contributed by atoms with E-state index in [4.69, 9.17) is 15.3 Å². The van der Waals surface area contributed by atoms with Crippen LogP contribution in [0.5, 0.6) is 0 Å². The third kappa shape index (κ3) is 12.5. The minimum absolute atomic E-state index is 0.112. The van der Waals surface area contributed by atoms with Crippen molar-refractivity contribution < 1.29 is 15.3 Å². The van der Waals surface area contributed by atoms with E-state index < -0.39 is 6.10 Å². The monoisotopic (exact) mass is 179 g/mol. The van der Waals surface area contributed by atoms with Gasteiger partial charge in [0.25, 0.3) is 0 Å². The largest absolute Gasteiger partial charge is 0.400 e. The summed E-state index contributed by atoms with van der Waals surface area (Å²) in [6, 6.07) is 0. The van der Waals surface area contributed by atoms with Crippen LogP contribution in [0.15, 0.2) is 0 Å². The zero-order chi connectivity index (χ0) is 9.82. The van der Waals surface area contributed by atoms with Crippen molar-refractivity contribution in [3.05, 3.63) is 0 Å². The Labute approximate surface area is 74.2 Å². The van der Waals surface area contributed by atoms with E-state index in [1.54, 1.807) is 0 Å². The van der Waals surface area contributed by atoms with Gasteiger partial charge in [-0.1, -0.05) is 0 Å². The van der Waals surface area contributed by atoms with Gasteiger partial charge in [-0.3, -0.25) is 0 Å². The van der Waals surface area contributed by atoms with Gasteiger partial charge in [-0.05, 0) is 32.9 Å². The van der Waals surface area contributed by atoms with Gasteiger partial charge in [0.2, 0.25) is 0 Å². The van der Waals surface area contributed by atoms with E-state index in [1.807, 2.05) is 7.05 Å². The lowest BCUT2D eigenvalue weighted by atomic mass is 10.1. The van der Waals surface area contributed by atoms with Crippen molar-refractivity contribution >= 4 is 0 Å². The lowest BCUT2D eigenvalue weighted by Crippen LogP contribution is -2.13. The maximum Gasteiger partial charge on any atom is 0.0770 e. The topological polar surface area (TPSA) is 72.7 Å². The molecule has 0 aliphatic heterocycles. The van der Waals surface area contributed by atoms with Crippen LogP contribution in [-0.2, 0) is 0 Å². The molecule has 1 atom stereocenters. The molecule has 0 saturated heterocycles. The fourth-order valence-electron chi connectivity index (χ4n) is 0.773. The number of rotatable bonds is 6. The molecule has 0 bridgehead atoms. The van der Waals surface area contributed by atoms with Gasteiger partial charge in [0.05, 0.1) is 12.7 Å². The quantitative estimate of drug-likeness (QED) is 0.408. The van der Waals surface area contributed by atoms with Crippen LogP contribution in [0, 0.1) is 0 Å². The zero-order valence-corrected chi connectivity index (χ0v) is 7.95. The van der Waals surface area contributed by atoms with Crippen molar-refractivity contribution in [3.8, 4) is 0 Å². The van der Waals surface area contributed by atoms with Gasteiger partial charge in [0, 0.05) is 7.11 Å². The molecule has 0 heterocycles. The minimum atomic E-state index is -0.517. The molecule has 4 N–H and O–H groups in total. The number of hydrogen-bond donors (Lipinski definition) is 4. The third-order valence-corrected chi connectivity index (χ3v) is 1.42. The predicted octanol–water partition coefficient (Wildman–Crippen LogP) is -0.662. The number of unbranched alkanes of at least 4 members (excludes halogenated alkanes) is 1. The standard InChI is InChI=1S/C7H17NO2.CH4O/c1-8-5-3-2-4-7(10)6-9;1-2/h7-10H,2-6H2,1H3;2H,1H3. The first-order valence-electron chi connectivity index (χ1n) is 4.19. The number of nitrogens with one attached hydrogen (secondary N) is 1. The summed E-state index contributed by atoms with van der Waals surface area (Å²) in [5.41, 5.74) is 0. The Morgan fingerprint density at radius 3 is 2.25 bits per heavy atom. The summed E-state index contributed by atoms with van der Waals surface area (Å²) in [7, 11) is 2.91. The second-order valence-electron chi connectivity index (χ2n) is 2.44. The highest BCUT2D eigenvalue weighted by molar-refractivity contribution is 4.53. The Morgan fingerprint density at radius 1 is 1.25 bits per heavy atom. The molecule has 0 aliphatic rings. The van der Waals surface area contributed by atoms with Crippen molar-refractivity contribution in [2.45, 2.75) is 25.4 Å². The molecule has 4 nitrogen and oxygen atoms in total.